The zero-order chi connectivity index (χ0) is 14.5. The summed E-state index contributed by atoms with van der Waals surface area (Å²) in [6, 6.07) is 7.79. The van der Waals surface area contributed by atoms with Crippen LogP contribution in [0.3, 0.4) is 0 Å². The zero-order valence-corrected chi connectivity index (χ0v) is 11.9. The topological polar surface area (TPSA) is 47.2 Å². The molecule has 0 bridgehead atoms. The molecule has 0 aliphatic heterocycles. The van der Waals surface area contributed by atoms with E-state index < -0.39 is 0 Å². The van der Waals surface area contributed by atoms with E-state index in [9.17, 15) is 5.26 Å². The van der Waals surface area contributed by atoms with Crippen molar-refractivity contribution < 1.29 is 9.47 Å². The maximum Gasteiger partial charge on any atom is 0.162 e. The molecular weight excluding hydrogens is 252 g/mol. The molecule has 0 saturated carbocycles. The molecule has 0 amide bonds. The summed E-state index contributed by atoms with van der Waals surface area (Å²) in [5.74, 6) is 7.38. The predicted octanol–water partition coefficient (Wildman–Crippen LogP) is 2.94. The number of rotatable bonds is 3. The number of ether oxygens (including phenoxy) is 2. The molecule has 0 aliphatic rings. The Balaban J connectivity index is 2.62. The molecule has 102 valence electrons. The SMILES string of the molecule is CCC#CCn1c(C#N)cc2cc(OC)c(OC)cc21. The van der Waals surface area contributed by atoms with Crippen molar-refractivity contribution in [1.29, 1.82) is 5.26 Å². The molecule has 1 aromatic carbocycles. The Labute approximate surface area is 118 Å². The molecule has 20 heavy (non-hydrogen) atoms. The number of nitrogens with zero attached hydrogens (tertiary/aromatic N) is 2. The summed E-state index contributed by atoms with van der Waals surface area (Å²) < 4.78 is 12.5. The van der Waals surface area contributed by atoms with Gasteiger partial charge in [-0.2, -0.15) is 5.26 Å². The van der Waals surface area contributed by atoms with Gasteiger partial charge in [0.1, 0.15) is 11.8 Å². The highest BCUT2D eigenvalue weighted by Gasteiger charge is 2.12. The lowest BCUT2D eigenvalue weighted by atomic mass is 10.2. The monoisotopic (exact) mass is 268 g/mol. The van der Waals surface area contributed by atoms with Crippen LogP contribution < -0.4 is 9.47 Å². The first-order valence-electron chi connectivity index (χ1n) is 6.36. The van der Waals surface area contributed by atoms with Crippen molar-refractivity contribution in [2.45, 2.75) is 19.9 Å². The fourth-order valence-electron chi connectivity index (χ4n) is 2.11. The third-order valence-electron chi connectivity index (χ3n) is 3.06. The molecule has 0 unspecified atom stereocenters. The summed E-state index contributed by atoms with van der Waals surface area (Å²) in [7, 11) is 3.19. The van der Waals surface area contributed by atoms with Crippen LogP contribution in [0, 0.1) is 23.2 Å². The average molecular weight is 268 g/mol. The Morgan fingerprint density at radius 2 is 1.80 bits per heavy atom. The lowest BCUT2D eigenvalue weighted by molar-refractivity contribution is 0.355. The number of hydrogen-bond acceptors (Lipinski definition) is 3. The van der Waals surface area contributed by atoms with Gasteiger partial charge in [0, 0.05) is 17.9 Å². The fourth-order valence-corrected chi connectivity index (χ4v) is 2.11. The summed E-state index contributed by atoms with van der Waals surface area (Å²) in [6.07, 6.45) is 0.804. The second-order valence-corrected chi connectivity index (χ2v) is 4.20. The highest BCUT2D eigenvalue weighted by atomic mass is 16.5. The Bertz CT molecular complexity index is 727. The molecule has 1 aromatic heterocycles. The molecule has 0 aliphatic carbocycles. The van der Waals surface area contributed by atoms with Crippen LogP contribution >= 0.6 is 0 Å². The lowest BCUT2D eigenvalue weighted by Crippen LogP contribution is -1.99. The van der Waals surface area contributed by atoms with E-state index in [1.807, 2.05) is 29.7 Å². The molecule has 2 aromatic rings. The Hall–Kier alpha value is -2.59. The summed E-state index contributed by atoms with van der Waals surface area (Å²) in [5, 5.41) is 10.2. The number of fused-ring (bicyclic) bond motifs is 1. The number of aromatic nitrogens is 1. The third kappa shape index (κ3) is 2.41. The van der Waals surface area contributed by atoms with Gasteiger partial charge in [-0.3, -0.25) is 0 Å². The largest absolute Gasteiger partial charge is 0.493 e. The molecule has 1 heterocycles. The Morgan fingerprint density at radius 3 is 2.40 bits per heavy atom. The summed E-state index contributed by atoms with van der Waals surface area (Å²) in [5.41, 5.74) is 1.50. The number of hydrogen-bond donors (Lipinski definition) is 0. The van der Waals surface area contributed by atoms with E-state index in [0.29, 0.717) is 23.7 Å². The van der Waals surface area contributed by atoms with Gasteiger partial charge in [-0.1, -0.05) is 12.8 Å². The number of methoxy groups -OCH3 is 2. The minimum absolute atomic E-state index is 0.496. The van der Waals surface area contributed by atoms with Gasteiger partial charge in [0.25, 0.3) is 0 Å². The van der Waals surface area contributed by atoms with E-state index >= 15 is 0 Å². The van der Waals surface area contributed by atoms with Crippen molar-refractivity contribution in [2.75, 3.05) is 14.2 Å². The van der Waals surface area contributed by atoms with Crippen LogP contribution in [0.15, 0.2) is 18.2 Å². The van der Waals surface area contributed by atoms with Gasteiger partial charge in [-0.25, -0.2) is 0 Å². The van der Waals surface area contributed by atoms with E-state index in [0.717, 1.165) is 17.3 Å². The van der Waals surface area contributed by atoms with Gasteiger partial charge in [-0.05, 0) is 12.1 Å². The Morgan fingerprint density at radius 1 is 1.10 bits per heavy atom. The van der Waals surface area contributed by atoms with Crippen LogP contribution in [0.25, 0.3) is 10.9 Å². The van der Waals surface area contributed by atoms with Crippen LogP contribution in [0.1, 0.15) is 19.0 Å². The third-order valence-corrected chi connectivity index (χ3v) is 3.06. The quantitative estimate of drug-likeness (QED) is 0.804. The molecular formula is C16H16N2O2. The molecule has 4 heteroatoms. The molecule has 0 saturated heterocycles. The van der Waals surface area contributed by atoms with Gasteiger partial charge >= 0.3 is 0 Å². The van der Waals surface area contributed by atoms with Crippen molar-refractivity contribution in [3.05, 3.63) is 23.9 Å². The van der Waals surface area contributed by atoms with E-state index in [4.69, 9.17) is 9.47 Å². The van der Waals surface area contributed by atoms with Gasteiger partial charge in [0.15, 0.2) is 11.5 Å². The number of benzene rings is 1. The molecule has 0 fully saturated rings. The fraction of sp³-hybridized carbons (Fsp3) is 0.312. The molecule has 0 spiro atoms. The first-order valence-corrected chi connectivity index (χ1v) is 6.36. The highest BCUT2D eigenvalue weighted by molar-refractivity contribution is 5.86. The molecule has 0 atom stereocenters. The highest BCUT2D eigenvalue weighted by Crippen LogP contribution is 2.33. The van der Waals surface area contributed by atoms with Crippen molar-refractivity contribution in [3.8, 4) is 29.4 Å². The van der Waals surface area contributed by atoms with Crippen molar-refractivity contribution in [2.24, 2.45) is 0 Å². The molecule has 0 radical (unpaired) electrons. The smallest absolute Gasteiger partial charge is 0.162 e. The predicted molar refractivity (Wildman–Crippen MR) is 77.8 cm³/mol. The first-order chi connectivity index (χ1) is 9.74. The van der Waals surface area contributed by atoms with E-state index in [2.05, 4.69) is 17.9 Å². The normalized spacial score (nSPS) is 9.70. The minimum Gasteiger partial charge on any atom is -0.493 e. The van der Waals surface area contributed by atoms with Crippen LogP contribution in [0.4, 0.5) is 0 Å². The first kappa shape index (κ1) is 13.8. The van der Waals surface area contributed by atoms with Gasteiger partial charge in [0.05, 0.1) is 26.3 Å². The molecule has 2 rings (SSSR count). The van der Waals surface area contributed by atoms with Gasteiger partial charge in [0.2, 0.25) is 0 Å². The standard InChI is InChI=1S/C16H16N2O2/c1-4-5-6-7-18-13(11-17)8-12-9-15(19-2)16(20-3)10-14(12)18/h8-10H,4,7H2,1-3H3. The van der Waals surface area contributed by atoms with E-state index in [-0.39, 0.29) is 0 Å². The van der Waals surface area contributed by atoms with Crippen LogP contribution in [0.2, 0.25) is 0 Å². The average Bonchev–Trinajstić information content (AvgIpc) is 2.83. The van der Waals surface area contributed by atoms with Crippen molar-refractivity contribution >= 4 is 10.9 Å². The van der Waals surface area contributed by atoms with E-state index in [1.54, 1.807) is 14.2 Å². The maximum absolute atomic E-state index is 9.25. The van der Waals surface area contributed by atoms with Crippen molar-refractivity contribution in [1.82, 2.24) is 4.57 Å². The zero-order valence-electron chi connectivity index (χ0n) is 11.9. The van der Waals surface area contributed by atoms with Crippen LogP contribution in [-0.2, 0) is 6.54 Å². The maximum atomic E-state index is 9.25. The van der Waals surface area contributed by atoms with Gasteiger partial charge in [-0.15, -0.1) is 5.92 Å². The molecule has 0 N–H and O–H groups in total. The summed E-state index contributed by atoms with van der Waals surface area (Å²) in [4.78, 5) is 0. The second kappa shape index (κ2) is 6.04. The van der Waals surface area contributed by atoms with E-state index in [1.165, 1.54) is 0 Å². The molecule has 4 nitrogen and oxygen atoms in total. The second-order valence-electron chi connectivity index (χ2n) is 4.20. The van der Waals surface area contributed by atoms with Crippen LogP contribution in [-0.4, -0.2) is 18.8 Å². The lowest BCUT2D eigenvalue weighted by Gasteiger charge is -2.09. The van der Waals surface area contributed by atoms with Gasteiger partial charge < -0.3 is 14.0 Å². The Kier molecular flexibility index (Phi) is 4.17. The van der Waals surface area contributed by atoms with Crippen molar-refractivity contribution in [3.63, 3.8) is 0 Å². The minimum atomic E-state index is 0.496. The summed E-state index contributed by atoms with van der Waals surface area (Å²) in [6.45, 7) is 2.50. The summed E-state index contributed by atoms with van der Waals surface area (Å²) >= 11 is 0. The number of nitriles is 1. The van der Waals surface area contributed by atoms with Crippen LogP contribution in [0.5, 0.6) is 11.5 Å².